The third-order valence-corrected chi connectivity index (χ3v) is 1.95. The van der Waals surface area contributed by atoms with Gasteiger partial charge in [0.25, 0.3) is 0 Å². The van der Waals surface area contributed by atoms with E-state index < -0.39 is 0 Å². The van der Waals surface area contributed by atoms with Gasteiger partial charge in [-0.15, -0.1) is 0 Å². The van der Waals surface area contributed by atoms with E-state index in [4.69, 9.17) is 0 Å². The van der Waals surface area contributed by atoms with Crippen LogP contribution in [0.1, 0.15) is 18.4 Å². The zero-order valence-electron chi connectivity index (χ0n) is 6.55. The molecule has 1 N–H and O–H groups in total. The van der Waals surface area contributed by atoms with Gasteiger partial charge in [-0.25, -0.2) is 4.39 Å². The highest BCUT2D eigenvalue weighted by atomic mass is 19.1. The molecule has 1 aromatic rings. The Kier molecular flexibility index (Phi) is 1.61. The van der Waals surface area contributed by atoms with Crippen molar-refractivity contribution >= 4 is 5.76 Å². The molecule has 0 aromatic heterocycles. The van der Waals surface area contributed by atoms with Crippen molar-refractivity contribution in [2.75, 3.05) is 0 Å². The standard InChI is InChI=1S/C10H9FO/c11-9-5-3-8(4-6-9)10(12)7-1-2-7/h3-6,12H,1-2H2. The Labute approximate surface area is 70.2 Å². The smallest absolute Gasteiger partial charge is 0.123 e. The molecule has 2 rings (SSSR count). The van der Waals surface area contributed by atoms with Crippen LogP contribution in [0.15, 0.2) is 29.8 Å². The van der Waals surface area contributed by atoms with Crippen molar-refractivity contribution in [2.24, 2.45) is 0 Å². The Bertz CT molecular complexity index is 318. The molecule has 1 aliphatic carbocycles. The van der Waals surface area contributed by atoms with E-state index in [2.05, 4.69) is 0 Å². The minimum absolute atomic E-state index is 0.271. The Balaban J connectivity index is 2.35. The largest absolute Gasteiger partial charge is 0.507 e. The van der Waals surface area contributed by atoms with Crippen LogP contribution in [0.3, 0.4) is 0 Å². The van der Waals surface area contributed by atoms with E-state index in [1.54, 1.807) is 12.1 Å². The average Bonchev–Trinajstić information content (AvgIpc) is 2.87. The summed E-state index contributed by atoms with van der Waals surface area (Å²) in [7, 11) is 0. The molecule has 1 fully saturated rings. The maximum Gasteiger partial charge on any atom is 0.123 e. The monoisotopic (exact) mass is 164 g/mol. The topological polar surface area (TPSA) is 20.2 Å². The zero-order valence-corrected chi connectivity index (χ0v) is 6.55. The summed E-state index contributed by atoms with van der Waals surface area (Å²) in [5, 5.41) is 9.51. The Morgan fingerprint density at radius 1 is 1.17 bits per heavy atom. The lowest BCUT2D eigenvalue weighted by Crippen LogP contribution is -1.82. The number of halogens is 1. The van der Waals surface area contributed by atoms with E-state index in [9.17, 15) is 9.50 Å². The highest BCUT2D eigenvalue weighted by molar-refractivity contribution is 5.64. The van der Waals surface area contributed by atoms with Crippen molar-refractivity contribution in [3.8, 4) is 0 Å². The van der Waals surface area contributed by atoms with E-state index in [0.29, 0.717) is 11.3 Å². The van der Waals surface area contributed by atoms with Crippen LogP contribution in [-0.4, -0.2) is 5.11 Å². The van der Waals surface area contributed by atoms with Gasteiger partial charge in [0.2, 0.25) is 0 Å². The fourth-order valence-corrected chi connectivity index (χ4v) is 1.11. The highest BCUT2D eigenvalue weighted by Gasteiger charge is 2.18. The minimum atomic E-state index is -0.271. The van der Waals surface area contributed by atoms with E-state index in [0.717, 1.165) is 18.4 Å². The summed E-state index contributed by atoms with van der Waals surface area (Å²) in [5.74, 6) is 0.0577. The lowest BCUT2D eigenvalue weighted by atomic mass is 10.2. The summed E-state index contributed by atoms with van der Waals surface area (Å²) in [4.78, 5) is 0. The molecule has 0 aliphatic heterocycles. The molecular formula is C10H9FO. The SMILES string of the molecule is OC(=C1CC1)c1ccc(F)cc1. The van der Waals surface area contributed by atoms with Crippen molar-refractivity contribution < 1.29 is 9.50 Å². The molecule has 0 unspecified atom stereocenters. The fraction of sp³-hybridized carbons (Fsp3) is 0.200. The van der Waals surface area contributed by atoms with E-state index >= 15 is 0 Å². The Hall–Kier alpha value is -1.31. The van der Waals surface area contributed by atoms with Crippen LogP contribution < -0.4 is 0 Å². The molecule has 0 radical (unpaired) electrons. The molecule has 12 heavy (non-hydrogen) atoms. The van der Waals surface area contributed by atoms with Crippen molar-refractivity contribution in [2.45, 2.75) is 12.8 Å². The number of benzene rings is 1. The van der Waals surface area contributed by atoms with E-state index in [1.807, 2.05) is 0 Å². The maximum absolute atomic E-state index is 12.5. The van der Waals surface area contributed by atoms with Crippen molar-refractivity contribution in [3.63, 3.8) is 0 Å². The fourth-order valence-electron chi connectivity index (χ4n) is 1.11. The molecule has 0 bridgehead atoms. The van der Waals surface area contributed by atoms with Gasteiger partial charge in [-0.3, -0.25) is 0 Å². The van der Waals surface area contributed by atoms with Crippen LogP contribution >= 0.6 is 0 Å². The first-order valence-corrected chi connectivity index (χ1v) is 3.94. The van der Waals surface area contributed by atoms with Gasteiger partial charge in [0.15, 0.2) is 0 Å². The number of aliphatic hydroxyl groups excluding tert-OH is 1. The first-order valence-electron chi connectivity index (χ1n) is 3.94. The lowest BCUT2D eigenvalue weighted by Gasteiger charge is -1.98. The second-order valence-electron chi connectivity index (χ2n) is 2.96. The van der Waals surface area contributed by atoms with Crippen LogP contribution in [0.25, 0.3) is 5.76 Å². The molecule has 1 saturated carbocycles. The van der Waals surface area contributed by atoms with Gasteiger partial charge in [0, 0.05) is 5.56 Å². The summed E-state index contributed by atoms with van der Waals surface area (Å²) in [6.07, 6.45) is 1.95. The van der Waals surface area contributed by atoms with Gasteiger partial charge in [-0.2, -0.15) is 0 Å². The molecule has 0 atom stereocenters. The van der Waals surface area contributed by atoms with Crippen molar-refractivity contribution in [3.05, 3.63) is 41.2 Å². The summed E-state index contributed by atoms with van der Waals surface area (Å²) >= 11 is 0. The molecule has 1 aromatic carbocycles. The van der Waals surface area contributed by atoms with Crippen LogP contribution in [0, 0.1) is 5.82 Å². The van der Waals surface area contributed by atoms with Crippen LogP contribution in [-0.2, 0) is 0 Å². The molecule has 0 amide bonds. The zero-order chi connectivity index (χ0) is 8.55. The minimum Gasteiger partial charge on any atom is -0.507 e. The second-order valence-corrected chi connectivity index (χ2v) is 2.96. The third kappa shape index (κ3) is 1.33. The van der Waals surface area contributed by atoms with Gasteiger partial charge < -0.3 is 5.11 Å². The van der Waals surface area contributed by atoms with E-state index in [1.165, 1.54) is 12.1 Å². The highest BCUT2D eigenvalue weighted by Crippen LogP contribution is 2.34. The summed E-state index contributed by atoms with van der Waals surface area (Å²) in [6.45, 7) is 0. The molecule has 1 nitrogen and oxygen atoms in total. The lowest BCUT2D eigenvalue weighted by molar-refractivity contribution is 0.509. The molecule has 2 heteroatoms. The van der Waals surface area contributed by atoms with Gasteiger partial charge >= 0.3 is 0 Å². The molecule has 0 spiro atoms. The molecular weight excluding hydrogens is 155 g/mol. The third-order valence-electron chi connectivity index (χ3n) is 1.95. The molecule has 1 aliphatic rings. The average molecular weight is 164 g/mol. The number of rotatable bonds is 1. The summed E-state index contributed by atoms with van der Waals surface area (Å²) in [6, 6.07) is 5.90. The van der Waals surface area contributed by atoms with Crippen LogP contribution in [0.2, 0.25) is 0 Å². The summed E-state index contributed by atoms with van der Waals surface area (Å²) in [5.41, 5.74) is 1.78. The molecule has 0 heterocycles. The first-order chi connectivity index (χ1) is 5.77. The predicted octanol–water partition coefficient (Wildman–Crippen LogP) is 2.89. The van der Waals surface area contributed by atoms with Gasteiger partial charge in [-0.1, -0.05) is 0 Å². The molecule has 0 saturated heterocycles. The quantitative estimate of drug-likeness (QED) is 0.633. The number of aliphatic hydroxyl groups is 1. The Morgan fingerprint density at radius 2 is 1.75 bits per heavy atom. The number of allylic oxidation sites excluding steroid dienone is 1. The van der Waals surface area contributed by atoms with E-state index in [-0.39, 0.29) is 5.82 Å². The predicted molar refractivity (Wildman–Crippen MR) is 45.2 cm³/mol. The number of hydrogen-bond acceptors (Lipinski definition) is 1. The first kappa shape index (κ1) is 7.35. The van der Waals surface area contributed by atoms with Crippen molar-refractivity contribution in [1.29, 1.82) is 0 Å². The molecule has 62 valence electrons. The maximum atomic E-state index is 12.5. The van der Waals surface area contributed by atoms with Crippen LogP contribution in [0.5, 0.6) is 0 Å². The Morgan fingerprint density at radius 3 is 2.25 bits per heavy atom. The van der Waals surface area contributed by atoms with Crippen LogP contribution in [0.4, 0.5) is 4.39 Å². The van der Waals surface area contributed by atoms with Gasteiger partial charge in [0.1, 0.15) is 11.6 Å². The van der Waals surface area contributed by atoms with Gasteiger partial charge in [-0.05, 0) is 42.7 Å². The van der Waals surface area contributed by atoms with Gasteiger partial charge in [0.05, 0.1) is 0 Å². The second kappa shape index (κ2) is 2.63. The summed E-state index contributed by atoms with van der Waals surface area (Å²) < 4.78 is 12.5. The van der Waals surface area contributed by atoms with Crippen molar-refractivity contribution in [1.82, 2.24) is 0 Å². The normalized spacial score (nSPS) is 14.6. The number of hydrogen-bond donors (Lipinski definition) is 1.